The zero-order valence-corrected chi connectivity index (χ0v) is 17.7. The van der Waals surface area contributed by atoms with Crippen LogP contribution in [-0.4, -0.2) is 30.7 Å². The van der Waals surface area contributed by atoms with Crippen molar-refractivity contribution in [1.82, 2.24) is 15.0 Å². The van der Waals surface area contributed by atoms with Crippen LogP contribution < -0.4 is 0 Å². The van der Waals surface area contributed by atoms with Gasteiger partial charge in [0.05, 0.1) is 40.1 Å². The molecule has 0 unspecified atom stereocenters. The topological polar surface area (TPSA) is 120 Å². The Kier molecular flexibility index (Phi) is 5.12. The third-order valence-corrected chi connectivity index (χ3v) is 5.50. The van der Waals surface area contributed by atoms with Crippen LogP contribution in [0.25, 0.3) is 22.2 Å². The van der Waals surface area contributed by atoms with Crippen LogP contribution in [0.5, 0.6) is 5.88 Å². The number of nitrogens with zero attached hydrogens (tertiary/aromatic N) is 3. The highest BCUT2D eigenvalue weighted by molar-refractivity contribution is 6.31. The number of halogens is 1. The Morgan fingerprint density at radius 3 is 2.48 bits per heavy atom. The Morgan fingerprint density at radius 1 is 1.06 bits per heavy atom. The lowest BCUT2D eigenvalue weighted by Gasteiger charge is -2.08. The number of aromatic nitrogens is 3. The second kappa shape index (κ2) is 8.25. The van der Waals surface area contributed by atoms with Gasteiger partial charge in [0.15, 0.2) is 5.88 Å². The summed E-state index contributed by atoms with van der Waals surface area (Å²) in [7, 11) is 0. The van der Waals surface area contributed by atoms with Crippen LogP contribution in [0.4, 0.5) is 11.4 Å². The van der Waals surface area contributed by atoms with E-state index in [4.69, 9.17) is 16.6 Å². The molecule has 33 heavy (non-hydrogen) atoms. The van der Waals surface area contributed by atoms with Gasteiger partial charge in [-0.1, -0.05) is 35.9 Å². The third-order valence-electron chi connectivity index (χ3n) is 5.25. The predicted octanol–water partition coefficient (Wildman–Crippen LogP) is 5.99. The maximum atomic E-state index is 11.3. The zero-order valence-electron chi connectivity index (χ0n) is 17.0. The maximum Gasteiger partial charge on any atom is 0.270 e. The molecule has 5 aromatic rings. The monoisotopic (exact) mass is 457 g/mol. The third kappa shape index (κ3) is 3.95. The number of nitro groups is 1. The number of aliphatic imine (C=N–C) groups is 1. The number of benzene rings is 3. The van der Waals surface area contributed by atoms with E-state index < -0.39 is 4.92 Å². The van der Waals surface area contributed by atoms with E-state index >= 15 is 0 Å². The molecule has 8 nitrogen and oxygen atoms in total. The minimum atomic E-state index is -0.472. The first-order valence-electron chi connectivity index (χ1n) is 9.92. The van der Waals surface area contributed by atoms with Gasteiger partial charge in [0, 0.05) is 33.6 Å². The number of H-pyrrole nitrogens is 2. The van der Waals surface area contributed by atoms with Crippen molar-refractivity contribution in [2.75, 3.05) is 0 Å². The summed E-state index contributed by atoms with van der Waals surface area (Å²) in [6, 6.07) is 18.9. The van der Waals surface area contributed by atoms with Gasteiger partial charge in [-0.2, -0.15) is 0 Å². The van der Waals surface area contributed by atoms with E-state index in [2.05, 4.69) is 15.0 Å². The average molecular weight is 458 g/mol. The standard InChI is InChI=1S/C24H16ClN5O3/c25-16-5-1-15(2-6-16)23(28-17-7-3-14(4-8-17)21-12-26-13-27-21)22-19-11-18(30(32)33)9-10-20(19)29-24(22)31/h1-13,29,31H,(H,26,27). The van der Waals surface area contributed by atoms with Crippen molar-refractivity contribution in [3.05, 3.63) is 106 Å². The molecule has 9 heteroatoms. The van der Waals surface area contributed by atoms with Crippen LogP contribution >= 0.6 is 11.6 Å². The summed E-state index contributed by atoms with van der Waals surface area (Å²) in [6.45, 7) is 0. The van der Waals surface area contributed by atoms with Gasteiger partial charge in [0.25, 0.3) is 5.69 Å². The first kappa shape index (κ1) is 20.5. The number of aromatic amines is 2. The molecule has 2 aromatic heterocycles. The minimum absolute atomic E-state index is 0.0814. The van der Waals surface area contributed by atoms with Gasteiger partial charge < -0.3 is 15.1 Å². The Morgan fingerprint density at radius 2 is 1.82 bits per heavy atom. The number of hydrogen-bond donors (Lipinski definition) is 3. The molecule has 3 aromatic carbocycles. The Bertz CT molecular complexity index is 1490. The molecule has 2 heterocycles. The van der Waals surface area contributed by atoms with Crippen molar-refractivity contribution < 1.29 is 10.0 Å². The summed E-state index contributed by atoms with van der Waals surface area (Å²) in [4.78, 5) is 25.7. The molecule has 5 rings (SSSR count). The van der Waals surface area contributed by atoms with Gasteiger partial charge in [-0.15, -0.1) is 0 Å². The van der Waals surface area contributed by atoms with Crippen LogP contribution in [-0.2, 0) is 0 Å². The molecule has 0 saturated carbocycles. The second-order valence-corrected chi connectivity index (χ2v) is 7.75. The van der Waals surface area contributed by atoms with Gasteiger partial charge in [0.1, 0.15) is 0 Å². The summed E-state index contributed by atoms with van der Waals surface area (Å²) in [5, 5.41) is 23.1. The first-order valence-corrected chi connectivity index (χ1v) is 10.3. The van der Waals surface area contributed by atoms with Gasteiger partial charge in [-0.3, -0.25) is 10.1 Å². The minimum Gasteiger partial charge on any atom is -0.494 e. The quantitative estimate of drug-likeness (QED) is 0.170. The predicted molar refractivity (Wildman–Crippen MR) is 127 cm³/mol. The normalized spacial score (nSPS) is 11.7. The smallest absolute Gasteiger partial charge is 0.270 e. The molecule has 0 aliphatic carbocycles. The summed E-state index contributed by atoms with van der Waals surface area (Å²) in [5.74, 6) is -0.131. The Labute approximate surface area is 192 Å². The highest BCUT2D eigenvalue weighted by Gasteiger charge is 2.21. The molecular formula is C24H16ClN5O3. The summed E-state index contributed by atoms with van der Waals surface area (Å²) < 4.78 is 0. The maximum absolute atomic E-state index is 11.3. The summed E-state index contributed by atoms with van der Waals surface area (Å²) >= 11 is 6.07. The molecule has 162 valence electrons. The van der Waals surface area contributed by atoms with E-state index in [1.807, 2.05) is 24.3 Å². The second-order valence-electron chi connectivity index (χ2n) is 7.32. The summed E-state index contributed by atoms with van der Waals surface area (Å²) in [5.41, 5.74) is 4.46. The largest absolute Gasteiger partial charge is 0.494 e. The highest BCUT2D eigenvalue weighted by Crippen LogP contribution is 2.34. The van der Waals surface area contributed by atoms with Gasteiger partial charge in [-0.25, -0.2) is 9.98 Å². The summed E-state index contributed by atoms with van der Waals surface area (Å²) in [6.07, 6.45) is 3.34. The zero-order chi connectivity index (χ0) is 22.9. The molecule has 0 spiro atoms. The Hall–Kier alpha value is -4.43. The van der Waals surface area contributed by atoms with Crippen LogP contribution in [0, 0.1) is 10.1 Å². The van der Waals surface area contributed by atoms with E-state index in [1.165, 1.54) is 12.1 Å². The molecule has 0 amide bonds. The first-order chi connectivity index (χ1) is 16.0. The number of imidazole rings is 1. The fourth-order valence-corrected chi connectivity index (χ4v) is 3.78. The lowest BCUT2D eigenvalue weighted by Crippen LogP contribution is -2.03. The number of hydrogen-bond acceptors (Lipinski definition) is 5. The highest BCUT2D eigenvalue weighted by atomic mass is 35.5. The van der Waals surface area contributed by atoms with Crippen molar-refractivity contribution in [2.45, 2.75) is 0 Å². The molecular weight excluding hydrogens is 442 g/mol. The number of nitrogens with one attached hydrogen (secondary N) is 2. The van der Waals surface area contributed by atoms with E-state index in [-0.39, 0.29) is 11.6 Å². The van der Waals surface area contributed by atoms with E-state index in [0.29, 0.717) is 38.5 Å². The van der Waals surface area contributed by atoms with Crippen molar-refractivity contribution in [1.29, 1.82) is 0 Å². The van der Waals surface area contributed by atoms with Crippen LogP contribution in [0.1, 0.15) is 11.1 Å². The van der Waals surface area contributed by atoms with E-state index in [9.17, 15) is 15.2 Å². The number of fused-ring (bicyclic) bond motifs is 1. The Balaban J connectivity index is 1.69. The number of aromatic hydroxyl groups is 1. The van der Waals surface area contributed by atoms with E-state index in [0.717, 1.165) is 11.3 Å². The van der Waals surface area contributed by atoms with Crippen LogP contribution in [0.2, 0.25) is 5.02 Å². The van der Waals surface area contributed by atoms with Gasteiger partial charge in [-0.05, 0) is 35.9 Å². The van der Waals surface area contributed by atoms with Gasteiger partial charge >= 0.3 is 0 Å². The van der Waals surface area contributed by atoms with Crippen LogP contribution in [0.3, 0.4) is 0 Å². The van der Waals surface area contributed by atoms with Crippen molar-refractivity contribution in [3.8, 4) is 17.1 Å². The van der Waals surface area contributed by atoms with Crippen molar-refractivity contribution in [2.24, 2.45) is 4.99 Å². The molecule has 3 N–H and O–H groups in total. The molecule has 0 saturated heterocycles. The SMILES string of the molecule is O=[N+]([O-])c1ccc2[nH]c(O)c(C(=Nc3ccc(-c4cnc[nH]4)cc3)c3ccc(Cl)cc3)c2c1. The number of nitro benzene ring substituents is 1. The molecule has 0 fully saturated rings. The molecule has 0 atom stereocenters. The number of rotatable bonds is 5. The molecule has 0 aliphatic heterocycles. The fraction of sp³-hybridized carbons (Fsp3) is 0. The lowest BCUT2D eigenvalue weighted by molar-refractivity contribution is -0.384. The average Bonchev–Trinajstić information content (AvgIpc) is 3.46. The van der Waals surface area contributed by atoms with Crippen molar-refractivity contribution in [3.63, 3.8) is 0 Å². The molecule has 0 bridgehead atoms. The van der Waals surface area contributed by atoms with Gasteiger partial charge in [0.2, 0.25) is 0 Å². The lowest BCUT2D eigenvalue weighted by atomic mass is 10.0. The fourth-order valence-electron chi connectivity index (χ4n) is 3.65. The van der Waals surface area contributed by atoms with E-state index in [1.54, 1.807) is 42.9 Å². The van der Waals surface area contributed by atoms with Crippen LogP contribution in [0.15, 0.2) is 84.2 Å². The molecule has 0 radical (unpaired) electrons. The molecule has 0 aliphatic rings. The number of non-ortho nitro benzene ring substituents is 1. The van der Waals surface area contributed by atoms with Crippen molar-refractivity contribution >= 4 is 39.6 Å².